The molecule has 1 aliphatic heterocycles. The van der Waals surface area contributed by atoms with E-state index in [4.69, 9.17) is 9.72 Å². The summed E-state index contributed by atoms with van der Waals surface area (Å²) in [6.45, 7) is 1.34. The minimum atomic E-state index is 0.0640. The molecule has 0 N–H and O–H groups in total. The van der Waals surface area contributed by atoms with Gasteiger partial charge in [-0.1, -0.05) is 18.2 Å². The second-order valence-electron chi connectivity index (χ2n) is 8.77. The Morgan fingerprint density at radius 3 is 2.48 bits per heavy atom. The van der Waals surface area contributed by atoms with Gasteiger partial charge in [0.1, 0.15) is 5.75 Å². The van der Waals surface area contributed by atoms with Gasteiger partial charge in [0.2, 0.25) is 5.95 Å². The highest BCUT2D eigenvalue weighted by atomic mass is 16.5. The van der Waals surface area contributed by atoms with Gasteiger partial charge in [0.25, 0.3) is 5.91 Å². The molecule has 1 aromatic heterocycles. The summed E-state index contributed by atoms with van der Waals surface area (Å²) in [5, 5.41) is 0. The summed E-state index contributed by atoms with van der Waals surface area (Å²) in [5.74, 6) is 1.69. The molecule has 1 saturated heterocycles. The van der Waals surface area contributed by atoms with Crippen LogP contribution in [0.4, 0.5) is 11.6 Å². The molecule has 0 spiro atoms. The molecule has 0 aliphatic carbocycles. The number of methoxy groups -OCH3 is 1. The number of nitrogens with zero attached hydrogens (tertiary/aromatic N) is 5. The van der Waals surface area contributed by atoms with E-state index < -0.39 is 0 Å². The van der Waals surface area contributed by atoms with E-state index in [2.05, 4.69) is 4.98 Å². The van der Waals surface area contributed by atoms with Crippen molar-refractivity contribution >= 4 is 17.5 Å². The molecule has 1 aliphatic rings. The molecule has 2 heterocycles. The Kier molecular flexibility index (Phi) is 6.49. The van der Waals surface area contributed by atoms with Crippen molar-refractivity contribution in [1.82, 2.24) is 14.9 Å². The maximum Gasteiger partial charge on any atom is 0.253 e. The molecule has 1 unspecified atom stereocenters. The predicted octanol–water partition coefficient (Wildman–Crippen LogP) is 3.91. The average molecular weight is 446 g/mol. The van der Waals surface area contributed by atoms with Gasteiger partial charge in [-0.05, 0) is 42.3 Å². The van der Waals surface area contributed by atoms with Crippen LogP contribution in [0.5, 0.6) is 5.75 Å². The lowest BCUT2D eigenvalue weighted by Crippen LogP contribution is -2.28. The summed E-state index contributed by atoms with van der Waals surface area (Å²) in [7, 11) is 9.50. The maximum atomic E-state index is 13.3. The molecular formula is C26H31N5O2. The minimum Gasteiger partial charge on any atom is -0.497 e. The normalized spacial score (nSPS) is 15.4. The van der Waals surface area contributed by atoms with Crippen LogP contribution in [0.25, 0.3) is 11.1 Å². The Balaban J connectivity index is 1.62. The Morgan fingerprint density at radius 1 is 1.06 bits per heavy atom. The summed E-state index contributed by atoms with van der Waals surface area (Å²) in [5.41, 5.74) is 4.76. The smallest absolute Gasteiger partial charge is 0.253 e. The predicted molar refractivity (Wildman–Crippen MR) is 132 cm³/mol. The lowest BCUT2D eigenvalue weighted by atomic mass is 9.96. The number of likely N-dealkylation sites (tertiary alicyclic amines) is 1. The van der Waals surface area contributed by atoms with Gasteiger partial charge in [-0.25, -0.2) is 9.97 Å². The second-order valence-corrected chi connectivity index (χ2v) is 8.77. The van der Waals surface area contributed by atoms with Crippen LogP contribution in [0.1, 0.15) is 28.4 Å². The van der Waals surface area contributed by atoms with E-state index in [1.165, 1.54) is 0 Å². The van der Waals surface area contributed by atoms with Crippen molar-refractivity contribution in [3.05, 3.63) is 66.0 Å². The van der Waals surface area contributed by atoms with Crippen LogP contribution in [0.3, 0.4) is 0 Å². The summed E-state index contributed by atoms with van der Waals surface area (Å²) >= 11 is 0. The van der Waals surface area contributed by atoms with E-state index in [1.54, 1.807) is 7.11 Å². The van der Waals surface area contributed by atoms with Crippen LogP contribution in [0.2, 0.25) is 0 Å². The van der Waals surface area contributed by atoms with Crippen molar-refractivity contribution in [2.45, 2.75) is 12.3 Å². The molecule has 7 nitrogen and oxygen atoms in total. The van der Waals surface area contributed by atoms with Crippen molar-refractivity contribution in [2.75, 3.05) is 58.2 Å². The first-order valence-electron chi connectivity index (χ1n) is 11.1. The standard InChI is InChI=1S/C26H31N5O2/c1-29(2)21-8-6-7-19(15-21)25(32)31-14-13-20(17-31)24-23(16-27-26(28-24)30(3)4)18-9-11-22(33-5)12-10-18/h6-12,15-16,20H,13-14,17H2,1-5H3. The largest absolute Gasteiger partial charge is 0.497 e. The molecule has 1 fully saturated rings. The highest BCUT2D eigenvalue weighted by Gasteiger charge is 2.31. The molecular weight excluding hydrogens is 414 g/mol. The van der Waals surface area contributed by atoms with Crippen LogP contribution >= 0.6 is 0 Å². The molecule has 4 rings (SSSR count). The fraction of sp³-hybridized carbons (Fsp3) is 0.346. The van der Waals surface area contributed by atoms with E-state index in [0.717, 1.165) is 34.7 Å². The zero-order valence-corrected chi connectivity index (χ0v) is 19.9. The second kappa shape index (κ2) is 9.48. The van der Waals surface area contributed by atoms with Crippen molar-refractivity contribution in [2.24, 2.45) is 0 Å². The van der Waals surface area contributed by atoms with Crippen LogP contribution in [-0.2, 0) is 0 Å². The topological polar surface area (TPSA) is 61.8 Å². The fourth-order valence-electron chi connectivity index (χ4n) is 4.17. The van der Waals surface area contributed by atoms with Crippen molar-refractivity contribution < 1.29 is 9.53 Å². The van der Waals surface area contributed by atoms with Crippen LogP contribution in [0.15, 0.2) is 54.7 Å². The van der Waals surface area contributed by atoms with Crippen molar-refractivity contribution in [3.63, 3.8) is 0 Å². The summed E-state index contributed by atoms with van der Waals surface area (Å²) in [6.07, 6.45) is 2.76. The fourth-order valence-corrected chi connectivity index (χ4v) is 4.17. The van der Waals surface area contributed by atoms with E-state index in [-0.39, 0.29) is 11.8 Å². The van der Waals surface area contributed by atoms with Gasteiger partial charge in [0.15, 0.2) is 0 Å². The molecule has 172 valence electrons. The third kappa shape index (κ3) is 4.77. The van der Waals surface area contributed by atoms with Gasteiger partial charge < -0.3 is 19.4 Å². The van der Waals surface area contributed by atoms with E-state index in [9.17, 15) is 4.79 Å². The summed E-state index contributed by atoms with van der Waals surface area (Å²) in [6, 6.07) is 15.7. The quantitative estimate of drug-likeness (QED) is 0.573. The van der Waals surface area contributed by atoms with E-state index >= 15 is 0 Å². The Labute approximate surface area is 195 Å². The first-order valence-corrected chi connectivity index (χ1v) is 11.1. The Morgan fingerprint density at radius 2 is 1.82 bits per heavy atom. The number of rotatable bonds is 6. The number of hydrogen-bond donors (Lipinski definition) is 0. The molecule has 3 aromatic rings. The highest BCUT2D eigenvalue weighted by Crippen LogP contribution is 2.35. The van der Waals surface area contributed by atoms with Crippen molar-refractivity contribution in [1.29, 1.82) is 0 Å². The summed E-state index contributed by atoms with van der Waals surface area (Å²) in [4.78, 5) is 28.6. The average Bonchev–Trinajstić information content (AvgIpc) is 3.33. The van der Waals surface area contributed by atoms with Gasteiger partial charge in [-0.2, -0.15) is 0 Å². The maximum absolute atomic E-state index is 13.3. The lowest BCUT2D eigenvalue weighted by molar-refractivity contribution is 0.0790. The third-order valence-corrected chi connectivity index (χ3v) is 6.08. The van der Waals surface area contributed by atoms with Crippen molar-refractivity contribution in [3.8, 4) is 16.9 Å². The number of anilines is 2. The Bertz CT molecular complexity index is 1130. The highest BCUT2D eigenvalue weighted by molar-refractivity contribution is 5.95. The molecule has 0 saturated carbocycles. The number of ether oxygens (including phenoxy) is 1. The number of carbonyl (C=O) groups excluding carboxylic acids is 1. The van der Waals surface area contributed by atoms with Gasteiger partial charge in [-0.15, -0.1) is 0 Å². The third-order valence-electron chi connectivity index (χ3n) is 6.08. The first-order chi connectivity index (χ1) is 15.9. The van der Waals surface area contributed by atoms with Gasteiger partial charge in [0, 0.05) is 70.2 Å². The number of amides is 1. The zero-order chi connectivity index (χ0) is 23.5. The monoisotopic (exact) mass is 445 g/mol. The van der Waals surface area contributed by atoms with Gasteiger partial charge in [0.05, 0.1) is 12.8 Å². The SMILES string of the molecule is COc1ccc(-c2cnc(N(C)C)nc2C2CCN(C(=O)c3cccc(N(C)C)c3)C2)cc1. The molecule has 0 radical (unpaired) electrons. The molecule has 7 heteroatoms. The number of hydrogen-bond acceptors (Lipinski definition) is 6. The van der Waals surface area contributed by atoms with Crippen LogP contribution in [-0.4, -0.2) is 69.2 Å². The number of aromatic nitrogens is 2. The Hall–Kier alpha value is -3.61. The molecule has 1 amide bonds. The number of carbonyl (C=O) groups is 1. The van der Waals surface area contributed by atoms with E-state index in [1.807, 2.05) is 97.6 Å². The van der Waals surface area contributed by atoms with Gasteiger partial charge >= 0.3 is 0 Å². The van der Waals surface area contributed by atoms with Crippen LogP contribution in [0, 0.1) is 0 Å². The number of benzene rings is 2. The molecule has 2 aromatic carbocycles. The van der Waals surface area contributed by atoms with E-state index in [0.29, 0.717) is 24.6 Å². The molecule has 1 atom stereocenters. The minimum absolute atomic E-state index is 0.0640. The van der Waals surface area contributed by atoms with Crippen LogP contribution < -0.4 is 14.5 Å². The lowest BCUT2D eigenvalue weighted by Gasteiger charge is -2.20. The molecule has 33 heavy (non-hydrogen) atoms. The zero-order valence-electron chi connectivity index (χ0n) is 19.9. The van der Waals surface area contributed by atoms with Gasteiger partial charge in [-0.3, -0.25) is 4.79 Å². The molecule has 0 bridgehead atoms. The first kappa shape index (κ1) is 22.6. The summed E-state index contributed by atoms with van der Waals surface area (Å²) < 4.78 is 5.31.